The quantitative estimate of drug-likeness (QED) is 0.484. The van der Waals surface area contributed by atoms with Gasteiger partial charge in [-0.25, -0.2) is 4.79 Å². The fraction of sp³-hybridized carbons (Fsp3) is 0.684. The Balaban J connectivity index is 2.45. The van der Waals surface area contributed by atoms with Crippen molar-refractivity contribution in [2.24, 2.45) is 5.92 Å². The molecule has 1 aromatic heterocycles. The monoisotopic (exact) mass is 424 g/mol. The lowest BCUT2D eigenvalue weighted by Crippen LogP contribution is -2.63. The number of carbonyl (C=O) groups excluding carboxylic acids is 2. The summed E-state index contributed by atoms with van der Waals surface area (Å²) in [5.41, 5.74) is 3.86. The highest BCUT2D eigenvalue weighted by Crippen LogP contribution is 2.21. The lowest BCUT2D eigenvalue weighted by Gasteiger charge is -2.41. The Labute approximate surface area is 175 Å². The SMILES string of the molecule is COCCN(C(=O)CN1CCNC(=O)C1(C)C)c1c(N)n(CC(C)C)c(=O)[nH]c1=O. The first-order valence-electron chi connectivity index (χ1n) is 9.96. The number of ether oxygens (including phenoxy) is 1. The second-order valence-electron chi connectivity index (χ2n) is 8.27. The predicted molar refractivity (Wildman–Crippen MR) is 113 cm³/mol. The first kappa shape index (κ1) is 23.6. The molecule has 2 heterocycles. The van der Waals surface area contributed by atoms with E-state index in [4.69, 9.17) is 10.5 Å². The smallest absolute Gasteiger partial charge is 0.330 e. The topological polar surface area (TPSA) is 143 Å². The average Bonchev–Trinajstić information content (AvgIpc) is 2.65. The molecule has 0 bridgehead atoms. The van der Waals surface area contributed by atoms with Gasteiger partial charge in [0, 0.05) is 33.3 Å². The van der Waals surface area contributed by atoms with Crippen LogP contribution in [0.2, 0.25) is 0 Å². The number of nitrogens with zero attached hydrogens (tertiary/aromatic N) is 3. The van der Waals surface area contributed by atoms with Gasteiger partial charge in [0.15, 0.2) is 5.69 Å². The molecule has 0 spiro atoms. The van der Waals surface area contributed by atoms with E-state index in [0.29, 0.717) is 19.6 Å². The number of amides is 2. The summed E-state index contributed by atoms with van der Waals surface area (Å²) in [5.74, 6) is -0.563. The van der Waals surface area contributed by atoms with Crippen LogP contribution in [0.3, 0.4) is 0 Å². The number of nitrogens with one attached hydrogen (secondary N) is 2. The van der Waals surface area contributed by atoms with Crippen molar-refractivity contribution in [3.05, 3.63) is 20.8 Å². The highest BCUT2D eigenvalue weighted by molar-refractivity contribution is 5.97. The molecule has 0 aromatic carbocycles. The number of hydrogen-bond donors (Lipinski definition) is 3. The number of hydrogen-bond acceptors (Lipinski definition) is 7. The van der Waals surface area contributed by atoms with Gasteiger partial charge >= 0.3 is 5.69 Å². The van der Waals surface area contributed by atoms with Gasteiger partial charge in [-0.15, -0.1) is 0 Å². The molecule has 0 atom stereocenters. The Bertz CT molecular complexity index is 904. The maximum Gasteiger partial charge on any atom is 0.330 e. The number of nitrogen functional groups attached to an aromatic ring is 1. The van der Waals surface area contributed by atoms with Crippen LogP contribution in [0.1, 0.15) is 27.7 Å². The first-order valence-corrected chi connectivity index (χ1v) is 9.96. The Morgan fingerprint density at radius 3 is 2.57 bits per heavy atom. The van der Waals surface area contributed by atoms with Crippen LogP contribution in [0.4, 0.5) is 11.5 Å². The summed E-state index contributed by atoms with van der Waals surface area (Å²) < 4.78 is 6.35. The van der Waals surface area contributed by atoms with E-state index in [0.717, 1.165) is 0 Å². The van der Waals surface area contributed by atoms with Gasteiger partial charge in [-0.3, -0.25) is 28.8 Å². The molecule has 0 radical (unpaired) electrons. The third kappa shape index (κ3) is 4.90. The first-order chi connectivity index (χ1) is 14.0. The largest absolute Gasteiger partial charge is 0.383 e. The van der Waals surface area contributed by atoms with Crippen LogP contribution in [-0.4, -0.2) is 71.7 Å². The zero-order chi connectivity index (χ0) is 22.6. The molecule has 2 rings (SSSR count). The number of rotatable bonds is 8. The van der Waals surface area contributed by atoms with Crippen LogP contribution < -0.4 is 27.2 Å². The summed E-state index contributed by atoms with van der Waals surface area (Å²) in [5, 5.41) is 2.78. The van der Waals surface area contributed by atoms with Gasteiger partial charge < -0.3 is 20.7 Å². The third-order valence-electron chi connectivity index (χ3n) is 5.19. The molecule has 1 aromatic rings. The van der Waals surface area contributed by atoms with Crippen molar-refractivity contribution in [2.45, 2.75) is 39.8 Å². The molecule has 0 aliphatic carbocycles. The van der Waals surface area contributed by atoms with Crippen molar-refractivity contribution in [2.75, 3.05) is 50.5 Å². The molecule has 168 valence electrons. The van der Waals surface area contributed by atoms with E-state index >= 15 is 0 Å². The van der Waals surface area contributed by atoms with Gasteiger partial charge in [-0.1, -0.05) is 13.8 Å². The number of nitrogens with two attached hydrogens (primary N) is 1. The molecule has 0 unspecified atom stereocenters. The van der Waals surface area contributed by atoms with E-state index in [9.17, 15) is 19.2 Å². The minimum absolute atomic E-state index is 0.0717. The molecule has 4 N–H and O–H groups in total. The lowest BCUT2D eigenvalue weighted by atomic mass is 9.99. The number of piperazine rings is 1. The molecule has 1 aliphatic rings. The number of methoxy groups -OCH3 is 1. The van der Waals surface area contributed by atoms with Gasteiger partial charge in [-0.05, 0) is 19.8 Å². The number of carbonyl (C=O) groups is 2. The summed E-state index contributed by atoms with van der Waals surface area (Å²) in [4.78, 5) is 55.5. The highest BCUT2D eigenvalue weighted by atomic mass is 16.5. The maximum absolute atomic E-state index is 13.2. The second kappa shape index (κ2) is 9.43. The second-order valence-corrected chi connectivity index (χ2v) is 8.27. The Kier molecular flexibility index (Phi) is 7.43. The summed E-state index contributed by atoms with van der Waals surface area (Å²) in [6, 6.07) is 0. The normalized spacial score (nSPS) is 16.5. The molecule has 30 heavy (non-hydrogen) atoms. The molecule has 1 fully saturated rings. The Hall–Kier alpha value is -2.66. The van der Waals surface area contributed by atoms with Crippen LogP contribution in [-0.2, 0) is 20.9 Å². The van der Waals surface area contributed by atoms with Gasteiger partial charge in [0.2, 0.25) is 11.8 Å². The van der Waals surface area contributed by atoms with Crippen LogP contribution in [0.25, 0.3) is 0 Å². The summed E-state index contributed by atoms with van der Waals surface area (Å²) in [6.07, 6.45) is 0. The van der Waals surface area contributed by atoms with Crippen LogP contribution in [0, 0.1) is 5.92 Å². The molecule has 11 nitrogen and oxygen atoms in total. The molecular weight excluding hydrogens is 392 g/mol. The van der Waals surface area contributed by atoms with Gasteiger partial charge in [0.1, 0.15) is 5.82 Å². The number of aromatic nitrogens is 2. The fourth-order valence-corrected chi connectivity index (χ4v) is 3.40. The van der Waals surface area contributed by atoms with E-state index in [-0.39, 0.29) is 43.0 Å². The number of H-pyrrole nitrogens is 1. The number of aromatic amines is 1. The third-order valence-corrected chi connectivity index (χ3v) is 5.19. The molecule has 11 heteroatoms. The Morgan fingerprint density at radius 1 is 1.30 bits per heavy atom. The summed E-state index contributed by atoms with van der Waals surface area (Å²) in [6.45, 7) is 8.64. The molecule has 1 aliphatic heterocycles. The van der Waals surface area contributed by atoms with Crippen molar-refractivity contribution in [1.29, 1.82) is 0 Å². The van der Waals surface area contributed by atoms with Crippen molar-refractivity contribution in [1.82, 2.24) is 19.8 Å². The number of anilines is 2. The van der Waals surface area contributed by atoms with E-state index in [2.05, 4.69) is 10.3 Å². The van der Waals surface area contributed by atoms with Crippen LogP contribution in [0.5, 0.6) is 0 Å². The standard InChI is InChI=1S/C19H32N6O5/c1-12(2)10-25-15(20)14(16(27)22-18(25)29)24(8-9-30-5)13(26)11-23-7-6-21-17(28)19(23,3)4/h12H,6-11,20H2,1-5H3,(H,21,28)(H,22,27,29). The van der Waals surface area contributed by atoms with E-state index in [1.165, 1.54) is 16.6 Å². The van der Waals surface area contributed by atoms with Crippen molar-refractivity contribution >= 4 is 23.3 Å². The zero-order valence-electron chi connectivity index (χ0n) is 18.3. The average molecular weight is 425 g/mol. The highest BCUT2D eigenvalue weighted by Gasteiger charge is 2.39. The summed E-state index contributed by atoms with van der Waals surface area (Å²) >= 11 is 0. The minimum Gasteiger partial charge on any atom is -0.383 e. The van der Waals surface area contributed by atoms with E-state index in [1.54, 1.807) is 18.7 Å². The van der Waals surface area contributed by atoms with Gasteiger partial charge in [0.25, 0.3) is 5.56 Å². The van der Waals surface area contributed by atoms with Crippen molar-refractivity contribution in [3.63, 3.8) is 0 Å². The van der Waals surface area contributed by atoms with Crippen LogP contribution >= 0.6 is 0 Å². The lowest BCUT2D eigenvalue weighted by molar-refractivity contribution is -0.136. The van der Waals surface area contributed by atoms with Gasteiger partial charge in [-0.2, -0.15) is 0 Å². The predicted octanol–water partition coefficient (Wildman–Crippen LogP) is -1.04. The van der Waals surface area contributed by atoms with Crippen LogP contribution in [0.15, 0.2) is 9.59 Å². The molecule has 1 saturated heterocycles. The molecule has 0 saturated carbocycles. The molecule has 2 amide bonds. The van der Waals surface area contributed by atoms with Gasteiger partial charge in [0.05, 0.1) is 18.7 Å². The van der Waals surface area contributed by atoms with Crippen molar-refractivity contribution < 1.29 is 14.3 Å². The Morgan fingerprint density at radius 2 is 1.97 bits per heavy atom. The summed E-state index contributed by atoms with van der Waals surface area (Å²) in [7, 11) is 1.48. The van der Waals surface area contributed by atoms with E-state index < -0.39 is 22.7 Å². The molecular formula is C19H32N6O5. The van der Waals surface area contributed by atoms with E-state index in [1.807, 2.05) is 13.8 Å². The van der Waals surface area contributed by atoms with Crippen molar-refractivity contribution in [3.8, 4) is 0 Å². The fourth-order valence-electron chi connectivity index (χ4n) is 3.40. The zero-order valence-corrected chi connectivity index (χ0v) is 18.3. The maximum atomic E-state index is 13.2. The minimum atomic E-state index is -0.880.